The third-order valence-corrected chi connectivity index (χ3v) is 4.58. The first-order chi connectivity index (χ1) is 12.1. The van der Waals surface area contributed by atoms with Crippen LogP contribution in [0.1, 0.15) is 24.4 Å². The van der Waals surface area contributed by atoms with Crippen LogP contribution in [0.2, 0.25) is 0 Å². The Labute approximate surface area is 151 Å². The number of ether oxygens (including phenoxy) is 2. The Morgan fingerprint density at radius 2 is 2.00 bits per heavy atom. The molecule has 1 heterocycles. The monoisotopic (exact) mass is 350 g/mol. The molecule has 3 rings (SSSR count). The minimum absolute atomic E-state index is 0.0627. The lowest BCUT2D eigenvalue weighted by Gasteiger charge is -2.13. The Morgan fingerprint density at radius 3 is 2.68 bits per heavy atom. The topological polar surface area (TPSA) is 55.1 Å². The first kappa shape index (κ1) is 17.0. The molecule has 4 nitrogen and oxygen atoms in total. The van der Waals surface area contributed by atoms with Crippen LogP contribution < -0.4 is 9.47 Å². The van der Waals surface area contributed by atoms with Gasteiger partial charge >= 0.3 is 0 Å². The van der Waals surface area contributed by atoms with Crippen LogP contribution in [0.4, 0.5) is 0 Å². The summed E-state index contributed by atoms with van der Waals surface area (Å²) in [6.45, 7) is 3.93. The third kappa shape index (κ3) is 3.81. The number of benzene rings is 2. The fourth-order valence-electron chi connectivity index (χ4n) is 2.42. The van der Waals surface area contributed by atoms with Crippen LogP contribution in [0.15, 0.2) is 42.5 Å². The molecule has 0 amide bonds. The zero-order valence-electron chi connectivity index (χ0n) is 14.3. The minimum Gasteiger partial charge on any atom is -0.493 e. The second-order valence-corrected chi connectivity index (χ2v) is 6.76. The molecule has 0 unspecified atom stereocenters. The molecular formula is C20H18N2O2S. The van der Waals surface area contributed by atoms with Gasteiger partial charge in [-0.25, -0.2) is 4.98 Å². The molecule has 0 spiro atoms. The van der Waals surface area contributed by atoms with E-state index < -0.39 is 0 Å². The fourth-order valence-corrected chi connectivity index (χ4v) is 3.35. The van der Waals surface area contributed by atoms with Gasteiger partial charge in [-0.3, -0.25) is 0 Å². The molecule has 0 saturated heterocycles. The van der Waals surface area contributed by atoms with E-state index in [0.717, 1.165) is 15.8 Å². The molecule has 0 aliphatic heterocycles. The molecule has 0 saturated carbocycles. The van der Waals surface area contributed by atoms with Gasteiger partial charge < -0.3 is 9.47 Å². The maximum Gasteiger partial charge on any atom is 0.161 e. The van der Waals surface area contributed by atoms with Crippen LogP contribution in [0.3, 0.4) is 0 Å². The van der Waals surface area contributed by atoms with E-state index in [1.807, 2.05) is 62.4 Å². The van der Waals surface area contributed by atoms with Gasteiger partial charge in [-0.1, -0.05) is 18.2 Å². The van der Waals surface area contributed by atoms with Crippen LogP contribution in [-0.2, 0) is 0 Å². The number of nitriles is 1. The SMILES string of the molecule is COc1cc(/C=C(\C#N)c2nc3ccccc3s2)ccc1OC(C)C. The number of aromatic nitrogens is 1. The molecule has 126 valence electrons. The van der Waals surface area contributed by atoms with Gasteiger partial charge in [-0.15, -0.1) is 11.3 Å². The van der Waals surface area contributed by atoms with Gasteiger partial charge in [-0.05, 0) is 49.8 Å². The van der Waals surface area contributed by atoms with Crippen molar-refractivity contribution in [2.45, 2.75) is 20.0 Å². The standard InChI is InChI=1S/C20H18N2O2S/c1-13(2)24-17-9-8-14(11-18(17)23-3)10-15(12-21)20-22-16-6-4-5-7-19(16)25-20/h4-11,13H,1-3H3/b15-10+. The molecular weight excluding hydrogens is 332 g/mol. The van der Waals surface area contributed by atoms with E-state index in [1.165, 1.54) is 11.3 Å². The first-order valence-electron chi connectivity index (χ1n) is 7.93. The molecule has 0 fully saturated rings. The third-order valence-electron chi connectivity index (χ3n) is 3.51. The summed E-state index contributed by atoms with van der Waals surface area (Å²) in [7, 11) is 1.61. The van der Waals surface area contributed by atoms with Crippen molar-refractivity contribution < 1.29 is 9.47 Å². The maximum atomic E-state index is 9.56. The predicted molar refractivity (Wildman–Crippen MR) is 102 cm³/mol. The van der Waals surface area contributed by atoms with Crippen LogP contribution in [0.5, 0.6) is 11.5 Å². The number of hydrogen-bond acceptors (Lipinski definition) is 5. The second-order valence-electron chi connectivity index (χ2n) is 5.73. The zero-order chi connectivity index (χ0) is 17.8. The van der Waals surface area contributed by atoms with Crippen molar-refractivity contribution in [2.75, 3.05) is 7.11 Å². The smallest absolute Gasteiger partial charge is 0.161 e. The molecule has 0 aliphatic rings. The molecule has 1 aromatic heterocycles. The number of allylic oxidation sites excluding steroid dienone is 1. The Hall–Kier alpha value is -2.84. The summed E-state index contributed by atoms with van der Waals surface area (Å²) in [6.07, 6.45) is 1.88. The predicted octanol–water partition coefficient (Wildman–Crippen LogP) is 5.16. The number of para-hydroxylation sites is 1. The molecule has 0 N–H and O–H groups in total. The largest absolute Gasteiger partial charge is 0.493 e. The van der Waals surface area contributed by atoms with Crippen molar-refractivity contribution in [3.05, 3.63) is 53.0 Å². The highest BCUT2D eigenvalue weighted by molar-refractivity contribution is 7.19. The van der Waals surface area contributed by atoms with Crippen LogP contribution in [-0.4, -0.2) is 18.2 Å². The molecule has 2 aromatic carbocycles. The average molecular weight is 350 g/mol. The second kappa shape index (κ2) is 7.37. The number of rotatable bonds is 5. The summed E-state index contributed by atoms with van der Waals surface area (Å²) in [5.74, 6) is 1.33. The Bertz CT molecular complexity index is 934. The summed E-state index contributed by atoms with van der Waals surface area (Å²) in [5, 5.41) is 10.3. The highest BCUT2D eigenvalue weighted by Gasteiger charge is 2.11. The normalized spacial score (nSPS) is 11.6. The van der Waals surface area contributed by atoms with Crippen LogP contribution >= 0.6 is 11.3 Å². The van der Waals surface area contributed by atoms with Crippen molar-refractivity contribution >= 4 is 33.2 Å². The summed E-state index contributed by atoms with van der Waals surface area (Å²) in [6, 6.07) is 15.8. The molecule has 0 atom stereocenters. The van der Waals surface area contributed by atoms with Crippen molar-refractivity contribution in [3.8, 4) is 17.6 Å². The zero-order valence-corrected chi connectivity index (χ0v) is 15.1. The van der Waals surface area contributed by atoms with Gasteiger partial charge in [0.05, 0.1) is 29.0 Å². The van der Waals surface area contributed by atoms with E-state index in [1.54, 1.807) is 7.11 Å². The van der Waals surface area contributed by atoms with Gasteiger partial charge in [-0.2, -0.15) is 5.26 Å². The Morgan fingerprint density at radius 1 is 1.20 bits per heavy atom. The molecule has 0 aliphatic carbocycles. The van der Waals surface area contributed by atoms with E-state index in [0.29, 0.717) is 22.1 Å². The van der Waals surface area contributed by atoms with Gasteiger partial charge in [0, 0.05) is 0 Å². The summed E-state index contributed by atoms with van der Waals surface area (Å²) < 4.78 is 12.2. The van der Waals surface area contributed by atoms with E-state index in [2.05, 4.69) is 11.1 Å². The lowest BCUT2D eigenvalue weighted by Crippen LogP contribution is -2.06. The lowest BCUT2D eigenvalue weighted by molar-refractivity contribution is 0.230. The van der Waals surface area contributed by atoms with Gasteiger partial charge in [0.1, 0.15) is 11.1 Å². The van der Waals surface area contributed by atoms with Crippen LogP contribution in [0.25, 0.3) is 21.9 Å². The van der Waals surface area contributed by atoms with Gasteiger partial charge in [0.15, 0.2) is 11.5 Å². The summed E-state index contributed by atoms with van der Waals surface area (Å²) >= 11 is 1.51. The quantitative estimate of drug-likeness (QED) is 0.597. The van der Waals surface area contributed by atoms with Gasteiger partial charge in [0.25, 0.3) is 0 Å². The summed E-state index contributed by atoms with van der Waals surface area (Å²) in [5.41, 5.74) is 2.30. The molecule has 3 aromatic rings. The van der Waals surface area contributed by atoms with E-state index in [9.17, 15) is 5.26 Å². The van der Waals surface area contributed by atoms with Crippen molar-refractivity contribution in [1.82, 2.24) is 4.98 Å². The number of thiazole rings is 1. The van der Waals surface area contributed by atoms with Crippen LogP contribution in [0, 0.1) is 11.3 Å². The Kier molecular flexibility index (Phi) is 5.01. The highest BCUT2D eigenvalue weighted by Crippen LogP contribution is 2.32. The number of fused-ring (bicyclic) bond motifs is 1. The number of methoxy groups -OCH3 is 1. The van der Waals surface area contributed by atoms with E-state index >= 15 is 0 Å². The number of nitrogens with zero attached hydrogens (tertiary/aromatic N) is 2. The maximum absolute atomic E-state index is 9.56. The first-order valence-corrected chi connectivity index (χ1v) is 8.75. The van der Waals surface area contributed by atoms with Crippen molar-refractivity contribution in [2.24, 2.45) is 0 Å². The molecule has 25 heavy (non-hydrogen) atoms. The Balaban J connectivity index is 1.98. The molecule has 0 bridgehead atoms. The number of hydrogen-bond donors (Lipinski definition) is 0. The fraction of sp³-hybridized carbons (Fsp3) is 0.200. The van der Waals surface area contributed by atoms with Gasteiger partial charge in [0.2, 0.25) is 0 Å². The highest BCUT2D eigenvalue weighted by atomic mass is 32.1. The van der Waals surface area contributed by atoms with E-state index in [4.69, 9.17) is 9.47 Å². The van der Waals surface area contributed by atoms with Crippen molar-refractivity contribution in [1.29, 1.82) is 5.26 Å². The molecule has 5 heteroatoms. The molecule has 0 radical (unpaired) electrons. The van der Waals surface area contributed by atoms with Crippen molar-refractivity contribution in [3.63, 3.8) is 0 Å². The summed E-state index contributed by atoms with van der Waals surface area (Å²) in [4.78, 5) is 4.55. The average Bonchev–Trinajstić information content (AvgIpc) is 3.04. The van der Waals surface area contributed by atoms with E-state index in [-0.39, 0.29) is 6.10 Å². The lowest BCUT2D eigenvalue weighted by atomic mass is 10.1. The minimum atomic E-state index is 0.0627.